The van der Waals surface area contributed by atoms with Crippen molar-refractivity contribution in [2.24, 2.45) is 5.41 Å². The van der Waals surface area contributed by atoms with Gasteiger partial charge < -0.3 is 4.74 Å². The fraction of sp³-hybridized carbons (Fsp3) is 0.625. The van der Waals surface area contributed by atoms with Crippen LogP contribution in [0.2, 0.25) is 0 Å². The molecule has 1 aromatic rings. The summed E-state index contributed by atoms with van der Waals surface area (Å²) in [5.74, 6) is 0.904. The monoisotopic (exact) mass is 325 g/mol. The molecule has 0 spiro atoms. The second kappa shape index (κ2) is 6.27. The highest BCUT2D eigenvalue weighted by Gasteiger charge is 2.34. The minimum Gasteiger partial charge on any atom is -0.496 e. The minimum atomic E-state index is 0.559. The van der Waals surface area contributed by atoms with E-state index < -0.39 is 0 Å². The fourth-order valence-electron chi connectivity index (χ4n) is 3.06. The summed E-state index contributed by atoms with van der Waals surface area (Å²) >= 11 is 3.56. The summed E-state index contributed by atoms with van der Waals surface area (Å²) < 4.78 is 6.32. The highest BCUT2D eigenvalue weighted by molar-refractivity contribution is 9.10. The highest BCUT2D eigenvalue weighted by atomic mass is 79.9. The van der Waals surface area contributed by atoms with Crippen molar-refractivity contribution in [3.63, 3.8) is 0 Å². The van der Waals surface area contributed by atoms with E-state index in [0.29, 0.717) is 5.41 Å². The van der Waals surface area contributed by atoms with Gasteiger partial charge in [-0.3, -0.25) is 4.90 Å². The number of methoxy groups -OCH3 is 1. The first kappa shape index (κ1) is 14.9. The number of halogens is 1. The van der Waals surface area contributed by atoms with E-state index in [1.807, 2.05) is 6.07 Å². The Morgan fingerprint density at radius 3 is 2.58 bits per heavy atom. The van der Waals surface area contributed by atoms with E-state index in [1.165, 1.54) is 37.9 Å². The van der Waals surface area contributed by atoms with Crippen molar-refractivity contribution in [2.45, 2.75) is 39.7 Å². The summed E-state index contributed by atoms with van der Waals surface area (Å²) in [5, 5.41) is 0. The molecule has 0 amide bonds. The first-order valence-electron chi connectivity index (χ1n) is 7.17. The first-order valence-corrected chi connectivity index (χ1v) is 7.96. The van der Waals surface area contributed by atoms with Crippen molar-refractivity contribution in [2.75, 3.05) is 20.2 Å². The molecule has 106 valence electrons. The van der Waals surface area contributed by atoms with Crippen LogP contribution in [0.5, 0.6) is 5.75 Å². The second-order valence-corrected chi connectivity index (χ2v) is 6.49. The summed E-state index contributed by atoms with van der Waals surface area (Å²) in [6.07, 6.45) is 3.94. The van der Waals surface area contributed by atoms with E-state index in [0.717, 1.165) is 16.8 Å². The van der Waals surface area contributed by atoms with Gasteiger partial charge in [0, 0.05) is 13.1 Å². The maximum absolute atomic E-state index is 5.28. The van der Waals surface area contributed by atoms with Crippen molar-refractivity contribution in [3.8, 4) is 5.75 Å². The van der Waals surface area contributed by atoms with Crippen molar-refractivity contribution < 1.29 is 4.74 Å². The first-order chi connectivity index (χ1) is 9.12. The van der Waals surface area contributed by atoms with E-state index in [9.17, 15) is 0 Å². The third-order valence-corrected chi connectivity index (χ3v) is 5.26. The Morgan fingerprint density at radius 1 is 1.32 bits per heavy atom. The Morgan fingerprint density at radius 2 is 2.05 bits per heavy atom. The number of rotatable bonds is 5. The molecular formula is C16H24BrNO. The van der Waals surface area contributed by atoms with Gasteiger partial charge in [-0.25, -0.2) is 0 Å². The summed E-state index contributed by atoms with van der Waals surface area (Å²) in [5.41, 5.74) is 1.92. The average molecular weight is 326 g/mol. The van der Waals surface area contributed by atoms with Gasteiger partial charge in [-0.15, -0.1) is 0 Å². The van der Waals surface area contributed by atoms with Gasteiger partial charge in [0.15, 0.2) is 0 Å². The minimum absolute atomic E-state index is 0.559. The van der Waals surface area contributed by atoms with Crippen LogP contribution in [-0.2, 0) is 6.54 Å². The lowest BCUT2D eigenvalue weighted by Gasteiger charge is -2.26. The average Bonchev–Trinajstić information content (AvgIpc) is 2.83. The van der Waals surface area contributed by atoms with Gasteiger partial charge in [0.2, 0.25) is 0 Å². The molecule has 19 heavy (non-hydrogen) atoms. The number of nitrogens with zero attached hydrogens (tertiary/aromatic N) is 1. The molecule has 0 atom stereocenters. The predicted molar refractivity (Wildman–Crippen MR) is 83.6 cm³/mol. The number of ether oxygens (including phenoxy) is 1. The lowest BCUT2D eigenvalue weighted by Crippen LogP contribution is -2.26. The number of likely N-dealkylation sites (tertiary alicyclic amines) is 1. The van der Waals surface area contributed by atoms with E-state index in [1.54, 1.807) is 7.11 Å². The Hall–Kier alpha value is -0.540. The quantitative estimate of drug-likeness (QED) is 0.791. The van der Waals surface area contributed by atoms with E-state index in [2.05, 4.69) is 46.8 Å². The molecule has 2 nitrogen and oxygen atoms in total. The molecule has 0 bridgehead atoms. The third-order valence-electron chi connectivity index (χ3n) is 4.64. The third kappa shape index (κ3) is 3.32. The molecule has 0 saturated carbocycles. The second-order valence-electron chi connectivity index (χ2n) is 5.64. The summed E-state index contributed by atoms with van der Waals surface area (Å²) in [6, 6.07) is 6.39. The van der Waals surface area contributed by atoms with E-state index in [4.69, 9.17) is 4.74 Å². The van der Waals surface area contributed by atoms with Gasteiger partial charge in [-0.1, -0.05) is 19.9 Å². The van der Waals surface area contributed by atoms with Crippen LogP contribution in [0.3, 0.4) is 0 Å². The van der Waals surface area contributed by atoms with Gasteiger partial charge in [-0.2, -0.15) is 0 Å². The molecule has 1 aromatic carbocycles. The zero-order valence-corrected chi connectivity index (χ0v) is 13.8. The number of benzene rings is 1. The lowest BCUT2D eigenvalue weighted by molar-refractivity contribution is 0.236. The van der Waals surface area contributed by atoms with Crippen LogP contribution in [-0.4, -0.2) is 25.1 Å². The van der Waals surface area contributed by atoms with Crippen LogP contribution in [0.4, 0.5) is 0 Å². The lowest BCUT2D eigenvalue weighted by atomic mass is 9.82. The van der Waals surface area contributed by atoms with E-state index >= 15 is 0 Å². The Bertz CT molecular complexity index is 429. The number of hydrogen-bond donors (Lipinski definition) is 0. The Kier molecular flexibility index (Phi) is 4.91. The molecule has 1 aliphatic heterocycles. The van der Waals surface area contributed by atoms with Gasteiger partial charge in [-0.05, 0) is 64.8 Å². The normalized spacial score (nSPS) is 18.7. The van der Waals surface area contributed by atoms with Crippen LogP contribution < -0.4 is 4.74 Å². The van der Waals surface area contributed by atoms with Crippen LogP contribution >= 0.6 is 15.9 Å². The number of hydrogen-bond acceptors (Lipinski definition) is 2. The molecule has 3 heteroatoms. The zero-order valence-electron chi connectivity index (χ0n) is 12.2. The van der Waals surface area contributed by atoms with Crippen molar-refractivity contribution in [1.82, 2.24) is 4.90 Å². The molecular weight excluding hydrogens is 302 g/mol. The molecule has 0 N–H and O–H groups in total. The fourth-order valence-corrected chi connectivity index (χ4v) is 3.64. The zero-order chi connectivity index (χ0) is 13.9. The summed E-state index contributed by atoms with van der Waals surface area (Å²) in [6.45, 7) is 8.17. The molecule has 1 aliphatic rings. The summed E-state index contributed by atoms with van der Waals surface area (Å²) in [7, 11) is 1.71. The standard InChI is InChI=1S/C16H24BrNO/c1-4-16(5-2)8-9-18(12-16)11-13-6-7-15(19-3)14(17)10-13/h6-7,10H,4-5,8-9,11-12H2,1-3H3. The van der Waals surface area contributed by atoms with Gasteiger partial charge in [0.05, 0.1) is 11.6 Å². The Labute approximate surface area is 125 Å². The maximum atomic E-state index is 5.28. The van der Waals surface area contributed by atoms with Crippen LogP contribution in [0.15, 0.2) is 22.7 Å². The largest absolute Gasteiger partial charge is 0.496 e. The van der Waals surface area contributed by atoms with Crippen molar-refractivity contribution >= 4 is 15.9 Å². The van der Waals surface area contributed by atoms with Crippen LogP contribution in [0.25, 0.3) is 0 Å². The molecule has 0 aliphatic carbocycles. The molecule has 1 saturated heterocycles. The topological polar surface area (TPSA) is 12.5 Å². The Balaban J connectivity index is 2.01. The molecule has 1 heterocycles. The SMILES string of the molecule is CCC1(CC)CCN(Cc2ccc(OC)c(Br)c2)C1. The molecule has 0 unspecified atom stereocenters. The van der Waals surface area contributed by atoms with Gasteiger partial charge in [0.25, 0.3) is 0 Å². The van der Waals surface area contributed by atoms with E-state index in [-0.39, 0.29) is 0 Å². The van der Waals surface area contributed by atoms with Gasteiger partial charge >= 0.3 is 0 Å². The maximum Gasteiger partial charge on any atom is 0.133 e. The molecule has 2 rings (SSSR count). The van der Waals surface area contributed by atoms with Crippen LogP contribution in [0.1, 0.15) is 38.7 Å². The molecule has 0 radical (unpaired) electrons. The van der Waals surface area contributed by atoms with Gasteiger partial charge in [0.1, 0.15) is 5.75 Å². The molecule has 1 fully saturated rings. The summed E-state index contributed by atoms with van der Waals surface area (Å²) in [4.78, 5) is 2.58. The van der Waals surface area contributed by atoms with Crippen molar-refractivity contribution in [1.29, 1.82) is 0 Å². The predicted octanol–water partition coefficient (Wildman–Crippen LogP) is 4.47. The molecule has 0 aromatic heterocycles. The smallest absolute Gasteiger partial charge is 0.133 e. The van der Waals surface area contributed by atoms with Crippen LogP contribution in [0, 0.1) is 5.41 Å². The van der Waals surface area contributed by atoms with Crippen molar-refractivity contribution in [3.05, 3.63) is 28.2 Å². The highest BCUT2D eigenvalue weighted by Crippen LogP contribution is 2.37.